The van der Waals surface area contributed by atoms with Gasteiger partial charge in [-0.05, 0) is 37.7 Å². The number of aromatic nitrogens is 2. The molecule has 2 aromatic heterocycles. The van der Waals surface area contributed by atoms with Gasteiger partial charge in [0.25, 0.3) is 5.91 Å². The predicted octanol–water partition coefficient (Wildman–Crippen LogP) is 2.72. The number of ether oxygens (including phenoxy) is 1. The van der Waals surface area contributed by atoms with Crippen molar-refractivity contribution >= 4 is 27.5 Å². The Hall–Kier alpha value is -1.69. The van der Waals surface area contributed by atoms with Crippen LogP contribution < -0.4 is 10.1 Å². The largest absolute Gasteiger partial charge is 0.467 e. The van der Waals surface area contributed by atoms with Crippen molar-refractivity contribution in [1.29, 1.82) is 0 Å². The molecule has 0 radical (unpaired) electrons. The highest BCUT2D eigenvalue weighted by Crippen LogP contribution is 2.39. The number of hydrogen-bond donors (Lipinski definition) is 1. The van der Waals surface area contributed by atoms with Gasteiger partial charge in [-0.2, -0.15) is 0 Å². The molecule has 0 spiro atoms. The van der Waals surface area contributed by atoms with Crippen molar-refractivity contribution in [2.24, 2.45) is 5.92 Å². The minimum absolute atomic E-state index is 0.00616. The molecule has 1 aliphatic carbocycles. The summed E-state index contributed by atoms with van der Waals surface area (Å²) in [5, 5.41) is 3.94. The van der Waals surface area contributed by atoms with E-state index in [4.69, 9.17) is 4.74 Å². The third-order valence-electron chi connectivity index (χ3n) is 4.20. The lowest BCUT2D eigenvalue weighted by Gasteiger charge is -2.17. The van der Waals surface area contributed by atoms with Gasteiger partial charge in [-0.3, -0.25) is 4.79 Å². The highest BCUT2D eigenvalue weighted by molar-refractivity contribution is 7.18. The molecule has 0 saturated carbocycles. The highest BCUT2D eigenvalue weighted by Gasteiger charge is 2.22. The van der Waals surface area contributed by atoms with Crippen LogP contribution in [-0.4, -0.2) is 28.5 Å². The molecule has 0 saturated heterocycles. The maximum absolute atomic E-state index is 12.0. The average Bonchev–Trinajstić information content (AvgIpc) is 3.05. The molecule has 6 heteroatoms. The lowest BCUT2D eigenvalue weighted by Crippen LogP contribution is -2.39. The summed E-state index contributed by atoms with van der Waals surface area (Å²) in [4.78, 5) is 22.9. The Morgan fingerprint density at radius 2 is 2.18 bits per heavy atom. The van der Waals surface area contributed by atoms with Crippen molar-refractivity contribution in [2.45, 2.75) is 46.1 Å². The van der Waals surface area contributed by atoms with Crippen LogP contribution in [0.25, 0.3) is 10.2 Å². The van der Waals surface area contributed by atoms with Crippen LogP contribution in [0.5, 0.6) is 5.88 Å². The SMILES string of the molecule is CC(C)C(C)NC(=O)COc1ncnc2sc3c(c12)CCC3. The first-order valence-electron chi connectivity index (χ1n) is 7.73. The lowest BCUT2D eigenvalue weighted by atomic mass is 10.1. The minimum atomic E-state index is -0.111. The zero-order valence-electron chi connectivity index (χ0n) is 13.2. The van der Waals surface area contributed by atoms with Crippen molar-refractivity contribution in [3.05, 3.63) is 16.8 Å². The smallest absolute Gasteiger partial charge is 0.258 e. The Morgan fingerprint density at radius 3 is 2.95 bits per heavy atom. The first kappa shape index (κ1) is 15.2. The summed E-state index contributed by atoms with van der Waals surface area (Å²) in [6.45, 7) is 6.15. The molecule has 0 aliphatic heterocycles. The molecule has 0 bridgehead atoms. The molecular weight excluding hydrogens is 298 g/mol. The normalized spacial score (nSPS) is 15.1. The Bertz CT molecular complexity index is 696. The lowest BCUT2D eigenvalue weighted by molar-refractivity contribution is -0.124. The third kappa shape index (κ3) is 2.92. The maximum atomic E-state index is 12.0. The Balaban J connectivity index is 1.73. The van der Waals surface area contributed by atoms with E-state index >= 15 is 0 Å². The van der Waals surface area contributed by atoms with Gasteiger partial charge in [0.05, 0.1) is 5.39 Å². The van der Waals surface area contributed by atoms with E-state index in [0.29, 0.717) is 11.8 Å². The second-order valence-corrected chi connectivity index (χ2v) is 7.19. The van der Waals surface area contributed by atoms with E-state index in [1.54, 1.807) is 11.3 Å². The molecule has 1 atom stereocenters. The van der Waals surface area contributed by atoms with Gasteiger partial charge in [0.2, 0.25) is 5.88 Å². The first-order chi connectivity index (χ1) is 10.6. The molecule has 118 valence electrons. The van der Waals surface area contributed by atoms with Crippen molar-refractivity contribution in [3.63, 3.8) is 0 Å². The maximum Gasteiger partial charge on any atom is 0.258 e. The summed E-state index contributed by atoms with van der Waals surface area (Å²) in [5.41, 5.74) is 1.31. The summed E-state index contributed by atoms with van der Waals surface area (Å²) >= 11 is 1.72. The van der Waals surface area contributed by atoms with Crippen LogP contribution in [0.3, 0.4) is 0 Å². The van der Waals surface area contributed by atoms with E-state index in [9.17, 15) is 4.79 Å². The monoisotopic (exact) mass is 319 g/mol. The van der Waals surface area contributed by atoms with Crippen molar-refractivity contribution in [2.75, 3.05) is 6.61 Å². The quantitative estimate of drug-likeness (QED) is 0.920. The number of fused-ring (bicyclic) bond motifs is 3. The summed E-state index contributed by atoms with van der Waals surface area (Å²) < 4.78 is 5.69. The van der Waals surface area contributed by atoms with Crippen LogP contribution >= 0.6 is 11.3 Å². The topological polar surface area (TPSA) is 64.1 Å². The molecule has 0 aromatic carbocycles. The van der Waals surface area contributed by atoms with Crippen molar-refractivity contribution < 1.29 is 9.53 Å². The van der Waals surface area contributed by atoms with Gasteiger partial charge in [-0.15, -0.1) is 11.3 Å². The van der Waals surface area contributed by atoms with Crippen LogP contribution in [0.1, 0.15) is 37.6 Å². The molecule has 2 aromatic rings. The Morgan fingerprint density at radius 1 is 1.36 bits per heavy atom. The Labute approximate surface area is 134 Å². The van der Waals surface area contributed by atoms with Crippen LogP contribution in [0, 0.1) is 5.92 Å². The summed E-state index contributed by atoms with van der Waals surface area (Å²) in [7, 11) is 0. The molecule has 0 fully saturated rings. The van der Waals surface area contributed by atoms with E-state index in [0.717, 1.165) is 23.1 Å². The molecule has 1 amide bonds. The fourth-order valence-corrected chi connectivity index (χ4v) is 3.82. The average molecular weight is 319 g/mol. The second kappa shape index (κ2) is 6.20. The summed E-state index contributed by atoms with van der Waals surface area (Å²) in [6.07, 6.45) is 4.85. The highest BCUT2D eigenvalue weighted by atomic mass is 32.1. The van der Waals surface area contributed by atoms with Crippen LogP contribution in [0.2, 0.25) is 0 Å². The molecule has 2 heterocycles. The fraction of sp³-hybridized carbons (Fsp3) is 0.562. The van der Waals surface area contributed by atoms with Crippen LogP contribution in [0.15, 0.2) is 6.33 Å². The van der Waals surface area contributed by atoms with E-state index in [2.05, 4.69) is 29.1 Å². The fourth-order valence-electron chi connectivity index (χ4n) is 2.61. The van der Waals surface area contributed by atoms with Crippen molar-refractivity contribution in [1.82, 2.24) is 15.3 Å². The van der Waals surface area contributed by atoms with Gasteiger partial charge in [-0.1, -0.05) is 13.8 Å². The van der Waals surface area contributed by atoms with Crippen LogP contribution in [-0.2, 0) is 17.6 Å². The molecule has 1 N–H and O–H groups in total. The van der Waals surface area contributed by atoms with E-state index in [-0.39, 0.29) is 18.6 Å². The number of amides is 1. The van der Waals surface area contributed by atoms with E-state index < -0.39 is 0 Å². The van der Waals surface area contributed by atoms with E-state index in [1.807, 2.05) is 6.92 Å². The number of aryl methyl sites for hydroxylation is 2. The van der Waals surface area contributed by atoms with Gasteiger partial charge in [0, 0.05) is 10.9 Å². The number of nitrogens with one attached hydrogen (secondary N) is 1. The standard InChI is InChI=1S/C16H21N3O2S/c1-9(2)10(3)19-13(20)7-21-15-14-11-5-4-6-12(11)22-16(14)18-8-17-15/h8-10H,4-7H2,1-3H3,(H,19,20). The van der Waals surface area contributed by atoms with Crippen LogP contribution in [0.4, 0.5) is 0 Å². The molecule has 22 heavy (non-hydrogen) atoms. The molecular formula is C16H21N3O2S. The second-order valence-electron chi connectivity index (χ2n) is 6.11. The Kier molecular flexibility index (Phi) is 4.29. The van der Waals surface area contributed by atoms with Gasteiger partial charge in [0.1, 0.15) is 11.2 Å². The number of nitrogens with zero attached hydrogens (tertiary/aromatic N) is 2. The zero-order valence-corrected chi connectivity index (χ0v) is 14.0. The number of carbonyl (C=O) groups excluding carboxylic acids is 1. The van der Waals surface area contributed by atoms with Gasteiger partial charge in [0.15, 0.2) is 6.61 Å². The minimum Gasteiger partial charge on any atom is -0.467 e. The summed E-state index contributed by atoms with van der Waals surface area (Å²) in [6, 6.07) is 0.131. The predicted molar refractivity (Wildman–Crippen MR) is 87.4 cm³/mol. The van der Waals surface area contributed by atoms with Crippen molar-refractivity contribution in [3.8, 4) is 5.88 Å². The molecule has 3 rings (SSSR count). The third-order valence-corrected chi connectivity index (χ3v) is 5.40. The van der Waals surface area contributed by atoms with Gasteiger partial charge in [-0.25, -0.2) is 9.97 Å². The number of rotatable bonds is 5. The van der Waals surface area contributed by atoms with Gasteiger partial charge < -0.3 is 10.1 Å². The van der Waals surface area contributed by atoms with Gasteiger partial charge >= 0.3 is 0 Å². The number of hydrogen-bond acceptors (Lipinski definition) is 5. The first-order valence-corrected chi connectivity index (χ1v) is 8.55. The summed E-state index contributed by atoms with van der Waals surface area (Å²) in [5.74, 6) is 0.825. The number of thiophene rings is 1. The molecule has 5 nitrogen and oxygen atoms in total. The number of carbonyl (C=O) groups is 1. The molecule has 1 aliphatic rings. The molecule has 1 unspecified atom stereocenters. The van der Waals surface area contributed by atoms with E-state index in [1.165, 1.54) is 23.2 Å². The zero-order chi connectivity index (χ0) is 15.7.